The molecule has 0 bridgehead atoms. The first-order chi connectivity index (χ1) is 5.96. The minimum Gasteiger partial charge on any atom is -0.195 e. The summed E-state index contributed by atoms with van der Waals surface area (Å²) in [5.41, 5.74) is 0. The van der Waals surface area contributed by atoms with Gasteiger partial charge >= 0.3 is 0 Å². The molecule has 0 aromatic heterocycles. The van der Waals surface area contributed by atoms with Crippen molar-refractivity contribution in [1.29, 1.82) is 0 Å². The SMILES string of the molecule is C#CCN(CCC)S(=O)(=O)N(C)C. The monoisotopic (exact) mass is 204 g/mol. The van der Waals surface area contributed by atoms with E-state index in [1.54, 1.807) is 0 Å². The zero-order valence-electron chi connectivity index (χ0n) is 8.32. The highest BCUT2D eigenvalue weighted by atomic mass is 32.2. The molecule has 0 aliphatic rings. The maximum absolute atomic E-state index is 11.6. The summed E-state index contributed by atoms with van der Waals surface area (Å²) >= 11 is 0. The van der Waals surface area contributed by atoms with Gasteiger partial charge in [-0.3, -0.25) is 0 Å². The maximum atomic E-state index is 11.6. The van der Waals surface area contributed by atoms with Crippen LogP contribution < -0.4 is 0 Å². The lowest BCUT2D eigenvalue weighted by Gasteiger charge is -2.22. The maximum Gasteiger partial charge on any atom is 0.282 e. The van der Waals surface area contributed by atoms with E-state index in [0.717, 1.165) is 6.42 Å². The van der Waals surface area contributed by atoms with E-state index in [1.807, 2.05) is 6.92 Å². The molecule has 0 fully saturated rings. The first-order valence-electron chi connectivity index (χ1n) is 4.07. The van der Waals surface area contributed by atoms with Crippen molar-refractivity contribution >= 4 is 10.2 Å². The molecule has 0 unspecified atom stereocenters. The largest absolute Gasteiger partial charge is 0.282 e. The third kappa shape index (κ3) is 3.35. The second-order valence-electron chi connectivity index (χ2n) is 2.83. The van der Waals surface area contributed by atoms with Gasteiger partial charge in [-0.1, -0.05) is 12.8 Å². The number of terminal acetylenes is 1. The van der Waals surface area contributed by atoms with E-state index in [-0.39, 0.29) is 6.54 Å². The van der Waals surface area contributed by atoms with Crippen LogP contribution in [0, 0.1) is 12.3 Å². The average molecular weight is 204 g/mol. The van der Waals surface area contributed by atoms with Gasteiger partial charge < -0.3 is 0 Å². The summed E-state index contributed by atoms with van der Waals surface area (Å²) in [5, 5.41) is 0. The highest BCUT2D eigenvalue weighted by molar-refractivity contribution is 7.86. The molecule has 0 spiro atoms. The summed E-state index contributed by atoms with van der Waals surface area (Å²) in [4.78, 5) is 0. The molecular weight excluding hydrogens is 188 g/mol. The molecule has 5 heteroatoms. The van der Waals surface area contributed by atoms with Gasteiger partial charge in [0, 0.05) is 20.6 Å². The third-order valence-electron chi connectivity index (χ3n) is 1.53. The summed E-state index contributed by atoms with van der Waals surface area (Å²) in [6.07, 6.45) is 5.84. The molecule has 0 amide bonds. The predicted molar refractivity (Wildman–Crippen MR) is 53.3 cm³/mol. The molecule has 0 saturated heterocycles. The lowest BCUT2D eigenvalue weighted by Crippen LogP contribution is -2.40. The second kappa shape index (κ2) is 5.22. The molecule has 0 heterocycles. The fourth-order valence-electron chi connectivity index (χ4n) is 0.858. The Kier molecular flexibility index (Phi) is 4.99. The Bertz CT molecular complexity index is 277. The van der Waals surface area contributed by atoms with Crippen molar-refractivity contribution in [2.45, 2.75) is 13.3 Å². The van der Waals surface area contributed by atoms with Crippen molar-refractivity contribution in [2.24, 2.45) is 0 Å². The molecule has 0 aromatic rings. The van der Waals surface area contributed by atoms with Crippen LogP contribution in [0.3, 0.4) is 0 Å². The normalized spacial score (nSPS) is 12.0. The van der Waals surface area contributed by atoms with Gasteiger partial charge in [0.15, 0.2) is 0 Å². The molecule has 4 nitrogen and oxygen atoms in total. The van der Waals surface area contributed by atoms with Gasteiger partial charge in [0.1, 0.15) is 0 Å². The lowest BCUT2D eigenvalue weighted by atomic mass is 10.5. The van der Waals surface area contributed by atoms with E-state index < -0.39 is 10.2 Å². The predicted octanol–water partition coefficient (Wildman–Crippen LogP) is 0.138. The van der Waals surface area contributed by atoms with E-state index in [1.165, 1.54) is 22.7 Å². The molecule has 0 aliphatic heterocycles. The summed E-state index contributed by atoms with van der Waals surface area (Å²) in [5.74, 6) is 2.33. The van der Waals surface area contributed by atoms with Crippen LogP contribution in [0.2, 0.25) is 0 Å². The molecule has 0 N–H and O–H groups in total. The zero-order chi connectivity index (χ0) is 10.5. The van der Waals surface area contributed by atoms with Crippen molar-refractivity contribution < 1.29 is 8.42 Å². The molecule has 76 valence electrons. The van der Waals surface area contributed by atoms with Crippen LogP contribution >= 0.6 is 0 Å². The summed E-state index contributed by atoms with van der Waals surface area (Å²) < 4.78 is 25.6. The standard InChI is InChI=1S/C8H16N2O2S/c1-5-7-10(8-6-2)13(11,12)9(3)4/h1H,6-8H2,2-4H3. The highest BCUT2D eigenvalue weighted by Crippen LogP contribution is 2.04. The number of nitrogens with zero attached hydrogens (tertiary/aromatic N) is 2. The Balaban J connectivity index is 4.65. The molecule has 0 radical (unpaired) electrons. The van der Waals surface area contributed by atoms with E-state index in [9.17, 15) is 8.42 Å². The van der Waals surface area contributed by atoms with E-state index >= 15 is 0 Å². The van der Waals surface area contributed by atoms with Crippen LogP contribution in [0.1, 0.15) is 13.3 Å². The van der Waals surface area contributed by atoms with Gasteiger partial charge in [0.2, 0.25) is 0 Å². The van der Waals surface area contributed by atoms with Crippen LogP contribution in [0.5, 0.6) is 0 Å². The fourth-order valence-corrected chi connectivity index (χ4v) is 1.97. The van der Waals surface area contributed by atoms with Crippen molar-refractivity contribution in [3.63, 3.8) is 0 Å². The van der Waals surface area contributed by atoms with E-state index in [4.69, 9.17) is 6.42 Å². The first-order valence-corrected chi connectivity index (χ1v) is 5.47. The molecule has 13 heavy (non-hydrogen) atoms. The number of hydrogen-bond acceptors (Lipinski definition) is 2. The van der Waals surface area contributed by atoms with Crippen molar-refractivity contribution in [1.82, 2.24) is 8.61 Å². The summed E-state index contributed by atoms with van der Waals surface area (Å²) in [7, 11) is -0.350. The van der Waals surface area contributed by atoms with Gasteiger partial charge in [-0.05, 0) is 6.42 Å². The Hall–Kier alpha value is -0.570. The molecular formula is C8H16N2O2S. The minimum absolute atomic E-state index is 0.133. The second-order valence-corrected chi connectivity index (χ2v) is 4.97. The Morgan fingerprint density at radius 2 is 1.92 bits per heavy atom. The lowest BCUT2D eigenvalue weighted by molar-refractivity contribution is 0.400. The highest BCUT2D eigenvalue weighted by Gasteiger charge is 2.22. The van der Waals surface area contributed by atoms with Crippen LogP contribution in [-0.4, -0.2) is 44.2 Å². The zero-order valence-corrected chi connectivity index (χ0v) is 9.13. The van der Waals surface area contributed by atoms with Gasteiger partial charge in [-0.25, -0.2) is 0 Å². The molecule has 0 atom stereocenters. The van der Waals surface area contributed by atoms with Crippen LogP contribution in [0.4, 0.5) is 0 Å². The van der Waals surface area contributed by atoms with E-state index in [0.29, 0.717) is 6.54 Å². The van der Waals surface area contributed by atoms with Gasteiger partial charge in [0.25, 0.3) is 10.2 Å². The van der Waals surface area contributed by atoms with Crippen molar-refractivity contribution in [3.8, 4) is 12.3 Å². The van der Waals surface area contributed by atoms with Crippen LogP contribution in [-0.2, 0) is 10.2 Å². The Morgan fingerprint density at radius 1 is 1.38 bits per heavy atom. The molecule has 0 aromatic carbocycles. The van der Waals surface area contributed by atoms with Gasteiger partial charge in [0.05, 0.1) is 6.54 Å². The Morgan fingerprint density at radius 3 is 2.23 bits per heavy atom. The van der Waals surface area contributed by atoms with Crippen LogP contribution in [0.25, 0.3) is 0 Å². The van der Waals surface area contributed by atoms with E-state index in [2.05, 4.69) is 5.92 Å². The molecule has 0 saturated carbocycles. The topological polar surface area (TPSA) is 40.6 Å². The first kappa shape index (κ1) is 12.4. The molecule has 0 aliphatic carbocycles. The Labute approximate surface area is 80.7 Å². The average Bonchev–Trinajstić information content (AvgIpc) is 2.03. The van der Waals surface area contributed by atoms with Crippen molar-refractivity contribution in [2.75, 3.05) is 27.2 Å². The molecule has 0 rings (SSSR count). The smallest absolute Gasteiger partial charge is 0.195 e. The number of rotatable bonds is 5. The fraction of sp³-hybridized carbons (Fsp3) is 0.750. The van der Waals surface area contributed by atoms with Crippen LogP contribution in [0.15, 0.2) is 0 Å². The van der Waals surface area contributed by atoms with Crippen molar-refractivity contribution in [3.05, 3.63) is 0 Å². The van der Waals surface area contributed by atoms with Gasteiger partial charge in [-0.2, -0.15) is 17.0 Å². The quantitative estimate of drug-likeness (QED) is 0.598. The third-order valence-corrected chi connectivity index (χ3v) is 3.42. The minimum atomic E-state index is -3.34. The van der Waals surface area contributed by atoms with Gasteiger partial charge in [-0.15, -0.1) is 6.42 Å². The summed E-state index contributed by atoms with van der Waals surface area (Å²) in [6.45, 7) is 2.51. The summed E-state index contributed by atoms with van der Waals surface area (Å²) in [6, 6.07) is 0. The number of hydrogen-bond donors (Lipinski definition) is 0.